The molecule has 0 amide bonds. The van der Waals surface area contributed by atoms with Crippen LogP contribution in [0.4, 0.5) is 10.1 Å². The third-order valence-corrected chi connectivity index (χ3v) is 3.81. The number of anilines is 1. The predicted octanol–water partition coefficient (Wildman–Crippen LogP) is 5.67. The molecule has 1 N–H and O–H groups in total. The SMILES string of the molecule is Fc1cccc(COc2ccc(CNc3ccc(Cl)cc3)cc2)c1. The van der Waals surface area contributed by atoms with E-state index >= 15 is 0 Å². The molecular weight excluding hydrogens is 325 g/mol. The maximum absolute atomic E-state index is 13.1. The Morgan fingerprint density at radius 2 is 1.62 bits per heavy atom. The second-order valence-electron chi connectivity index (χ2n) is 5.42. The van der Waals surface area contributed by atoms with Gasteiger partial charge in [-0.15, -0.1) is 0 Å². The van der Waals surface area contributed by atoms with Gasteiger partial charge in [-0.2, -0.15) is 0 Å². The monoisotopic (exact) mass is 341 g/mol. The van der Waals surface area contributed by atoms with Crippen LogP contribution in [0.25, 0.3) is 0 Å². The van der Waals surface area contributed by atoms with Gasteiger partial charge in [-0.25, -0.2) is 4.39 Å². The molecule has 0 aliphatic rings. The Kier molecular flexibility index (Phi) is 5.34. The third-order valence-electron chi connectivity index (χ3n) is 3.56. The Balaban J connectivity index is 1.52. The largest absolute Gasteiger partial charge is 0.489 e. The van der Waals surface area contributed by atoms with Gasteiger partial charge in [-0.05, 0) is 59.7 Å². The molecule has 122 valence electrons. The smallest absolute Gasteiger partial charge is 0.123 e. The van der Waals surface area contributed by atoms with Gasteiger partial charge < -0.3 is 10.1 Å². The quantitative estimate of drug-likeness (QED) is 0.623. The summed E-state index contributed by atoms with van der Waals surface area (Å²) in [6.07, 6.45) is 0. The van der Waals surface area contributed by atoms with Crippen molar-refractivity contribution < 1.29 is 9.13 Å². The molecule has 4 heteroatoms. The molecule has 0 bridgehead atoms. The van der Waals surface area contributed by atoms with E-state index < -0.39 is 0 Å². The molecule has 0 aliphatic carbocycles. The number of nitrogens with one attached hydrogen (secondary N) is 1. The first-order valence-corrected chi connectivity index (χ1v) is 8.02. The maximum atomic E-state index is 13.1. The van der Waals surface area contributed by atoms with Gasteiger partial charge in [0, 0.05) is 17.3 Å². The summed E-state index contributed by atoms with van der Waals surface area (Å²) in [5.74, 6) is 0.509. The van der Waals surface area contributed by atoms with E-state index in [9.17, 15) is 4.39 Å². The molecule has 0 radical (unpaired) electrons. The van der Waals surface area contributed by atoms with Crippen molar-refractivity contribution >= 4 is 17.3 Å². The number of ether oxygens (including phenoxy) is 1. The lowest BCUT2D eigenvalue weighted by atomic mass is 10.2. The van der Waals surface area contributed by atoms with Gasteiger partial charge in [0.2, 0.25) is 0 Å². The topological polar surface area (TPSA) is 21.3 Å². The van der Waals surface area contributed by atoms with Gasteiger partial charge in [-0.1, -0.05) is 35.9 Å². The predicted molar refractivity (Wildman–Crippen MR) is 96.0 cm³/mol. The number of rotatable bonds is 6. The van der Waals surface area contributed by atoms with Crippen LogP contribution in [0.3, 0.4) is 0 Å². The Morgan fingerprint density at radius 1 is 0.875 bits per heavy atom. The van der Waals surface area contributed by atoms with Crippen LogP contribution < -0.4 is 10.1 Å². The fourth-order valence-corrected chi connectivity index (χ4v) is 2.39. The summed E-state index contributed by atoms with van der Waals surface area (Å²) in [4.78, 5) is 0. The van der Waals surface area contributed by atoms with Crippen molar-refractivity contribution in [2.45, 2.75) is 13.2 Å². The van der Waals surface area contributed by atoms with Gasteiger partial charge >= 0.3 is 0 Å². The van der Waals surface area contributed by atoms with E-state index in [0.29, 0.717) is 13.2 Å². The molecule has 0 spiro atoms. The van der Waals surface area contributed by atoms with E-state index in [4.69, 9.17) is 16.3 Å². The summed E-state index contributed by atoms with van der Waals surface area (Å²) >= 11 is 5.87. The Labute approximate surface area is 145 Å². The van der Waals surface area contributed by atoms with E-state index in [2.05, 4.69) is 5.32 Å². The molecule has 0 aliphatic heterocycles. The Bertz CT molecular complexity index is 787. The Hall–Kier alpha value is -2.52. The van der Waals surface area contributed by atoms with Crippen LogP contribution in [0, 0.1) is 5.82 Å². The standard InChI is InChI=1S/C20H17ClFNO/c21-17-6-8-19(9-7-17)23-13-15-4-10-20(11-5-15)24-14-16-2-1-3-18(22)12-16/h1-12,23H,13-14H2. The van der Waals surface area contributed by atoms with Crippen LogP contribution in [-0.2, 0) is 13.2 Å². The zero-order valence-corrected chi connectivity index (χ0v) is 13.8. The second kappa shape index (κ2) is 7.84. The van der Waals surface area contributed by atoms with Crippen molar-refractivity contribution in [2.24, 2.45) is 0 Å². The highest BCUT2D eigenvalue weighted by atomic mass is 35.5. The van der Waals surface area contributed by atoms with Crippen LogP contribution in [0.5, 0.6) is 5.75 Å². The summed E-state index contributed by atoms with van der Waals surface area (Å²) in [5, 5.41) is 4.05. The summed E-state index contributed by atoms with van der Waals surface area (Å²) in [6, 6.07) is 21.9. The summed E-state index contributed by atoms with van der Waals surface area (Å²) in [5.41, 5.74) is 2.97. The van der Waals surface area contributed by atoms with Gasteiger partial charge in [-0.3, -0.25) is 0 Å². The highest BCUT2D eigenvalue weighted by Crippen LogP contribution is 2.17. The van der Waals surface area contributed by atoms with E-state index in [-0.39, 0.29) is 5.82 Å². The van der Waals surface area contributed by atoms with Crippen LogP contribution in [0.1, 0.15) is 11.1 Å². The molecule has 0 atom stereocenters. The van der Waals surface area contributed by atoms with Gasteiger partial charge in [0.05, 0.1) is 0 Å². The lowest BCUT2D eigenvalue weighted by Crippen LogP contribution is -2.00. The number of benzene rings is 3. The first-order valence-electron chi connectivity index (χ1n) is 7.65. The molecule has 0 saturated carbocycles. The van der Waals surface area contributed by atoms with E-state index in [1.54, 1.807) is 6.07 Å². The minimum absolute atomic E-state index is 0.250. The fourth-order valence-electron chi connectivity index (χ4n) is 2.27. The lowest BCUT2D eigenvalue weighted by Gasteiger charge is -2.09. The molecular formula is C20H17ClFNO. The van der Waals surface area contributed by atoms with E-state index in [1.807, 2.05) is 54.6 Å². The normalized spacial score (nSPS) is 10.4. The first-order chi connectivity index (χ1) is 11.7. The summed E-state index contributed by atoms with van der Waals surface area (Å²) in [6.45, 7) is 1.06. The van der Waals surface area contributed by atoms with Crippen LogP contribution >= 0.6 is 11.6 Å². The highest BCUT2D eigenvalue weighted by Gasteiger charge is 1.99. The lowest BCUT2D eigenvalue weighted by molar-refractivity contribution is 0.305. The fraction of sp³-hybridized carbons (Fsp3) is 0.100. The molecule has 2 nitrogen and oxygen atoms in total. The second-order valence-corrected chi connectivity index (χ2v) is 5.86. The van der Waals surface area contributed by atoms with Gasteiger partial charge in [0.1, 0.15) is 18.2 Å². The zero-order chi connectivity index (χ0) is 16.8. The number of hydrogen-bond donors (Lipinski definition) is 1. The molecule has 24 heavy (non-hydrogen) atoms. The summed E-state index contributed by atoms with van der Waals surface area (Å²) in [7, 11) is 0. The molecule has 0 saturated heterocycles. The van der Waals surface area contributed by atoms with Crippen molar-refractivity contribution in [2.75, 3.05) is 5.32 Å². The Morgan fingerprint density at radius 3 is 2.33 bits per heavy atom. The summed E-state index contributed by atoms with van der Waals surface area (Å²) < 4.78 is 18.8. The minimum Gasteiger partial charge on any atom is -0.489 e. The number of halogens is 2. The number of hydrogen-bond acceptors (Lipinski definition) is 2. The first kappa shape index (κ1) is 16.3. The molecule has 3 aromatic carbocycles. The average molecular weight is 342 g/mol. The third kappa shape index (κ3) is 4.74. The highest BCUT2D eigenvalue weighted by molar-refractivity contribution is 6.30. The van der Waals surface area contributed by atoms with Crippen molar-refractivity contribution in [3.63, 3.8) is 0 Å². The molecule has 0 aromatic heterocycles. The molecule has 0 unspecified atom stereocenters. The molecule has 3 aromatic rings. The average Bonchev–Trinajstić information content (AvgIpc) is 2.60. The van der Waals surface area contributed by atoms with Crippen LogP contribution in [-0.4, -0.2) is 0 Å². The zero-order valence-electron chi connectivity index (χ0n) is 13.0. The minimum atomic E-state index is -0.250. The van der Waals surface area contributed by atoms with Crippen molar-refractivity contribution in [1.82, 2.24) is 0 Å². The van der Waals surface area contributed by atoms with Gasteiger partial charge in [0.15, 0.2) is 0 Å². The van der Waals surface area contributed by atoms with Crippen LogP contribution in [0.2, 0.25) is 5.02 Å². The van der Waals surface area contributed by atoms with Crippen molar-refractivity contribution in [1.29, 1.82) is 0 Å². The maximum Gasteiger partial charge on any atom is 0.123 e. The molecule has 0 fully saturated rings. The van der Waals surface area contributed by atoms with Crippen molar-refractivity contribution in [3.05, 3.63) is 94.8 Å². The van der Waals surface area contributed by atoms with Gasteiger partial charge in [0.25, 0.3) is 0 Å². The van der Waals surface area contributed by atoms with E-state index in [0.717, 1.165) is 27.6 Å². The van der Waals surface area contributed by atoms with E-state index in [1.165, 1.54) is 12.1 Å². The van der Waals surface area contributed by atoms with Crippen molar-refractivity contribution in [3.8, 4) is 5.75 Å². The van der Waals surface area contributed by atoms with Crippen LogP contribution in [0.15, 0.2) is 72.8 Å². The molecule has 3 rings (SSSR count). The molecule has 0 heterocycles.